The van der Waals surface area contributed by atoms with Crippen molar-refractivity contribution in [1.82, 2.24) is 0 Å². The topological polar surface area (TPSA) is 71.4 Å². The summed E-state index contributed by atoms with van der Waals surface area (Å²) in [5, 5.41) is 8.81. The molecule has 1 unspecified atom stereocenters. The lowest BCUT2D eigenvalue weighted by Crippen LogP contribution is -2.08. The maximum Gasteiger partial charge on any atom is 0.139 e. The Morgan fingerprint density at radius 2 is 1.56 bits per heavy atom. The molecule has 0 aromatic rings. The smallest absolute Gasteiger partial charge is 0.139 e. The minimum atomic E-state index is -0.424. The highest BCUT2D eigenvalue weighted by molar-refractivity contribution is 5.97. The molecule has 0 amide bonds. The van der Waals surface area contributed by atoms with Gasteiger partial charge in [0, 0.05) is 12.8 Å². The van der Waals surface area contributed by atoms with Gasteiger partial charge in [0.15, 0.2) is 0 Å². The molecule has 0 bridgehead atoms. The van der Waals surface area contributed by atoms with Gasteiger partial charge in [0.05, 0.1) is 12.5 Å². The molecule has 0 heterocycles. The van der Waals surface area contributed by atoms with Gasteiger partial charge < -0.3 is 5.11 Å². The normalized spacial score (nSPS) is 11.1. The van der Waals surface area contributed by atoms with Gasteiger partial charge in [-0.1, -0.05) is 13.8 Å². The van der Waals surface area contributed by atoms with Crippen molar-refractivity contribution >= 4 is 17.3 Å². The van der Waals surface area contributed by atoms with Crippen LogP contribution in [-0.2, 0) is 14.4 Å². The molecule has 0 saturated heterocycles. The van der Waals surface area contributed by atoms with Gasteiger partial charge in [-0.2, -0.15) is 0 Å². The zero-order valence-electron chi connectivity index (χ0n) is 10.6. The Bertz CT molecular complexity index is 233. The molecule has 1 N–H and O–H groups in total. The molecule has 4 nitrogen and oxygen atoms in total. The van der Waals surface area contributed by atoms with E-state index in [1.165, 1.54) is 13.8 Å². The van der Waals surface area contributed by atoms with Gasteiger partial charge in [-0.15, -0.1) is 0 Å². The van der Waals surface area contributed by atoms with Crippen LogP contribution >= 0.6 is 0 Å². The highest BCUT2D eigenvalue weighted by atomic mass is 16.3. The third kappa shape index (κ3) is 15.4. The molecule has 0 aliphatic carbocycles. The Morgan fingerprint density at radius 1 is 1.06 bits per heavy atom. The standard InChI is InChI=1S/C6H12O2.C6H10O2/c2*1-3-6(8)4-5(2)7/h6,8H,3-4H2,1-2H3;3-4H2,1-2H3. The Balaban J connectivity index is 0. The van der Waals surface area contributed by atoms with Crippen LogP contribution in [0.1, 0.15) is 53.4 Å². The lowest BCUT2D eigenvalue weighted by Gasteiger charge is -2.01. The average Bonchev–Trinajstić information content (AvgIpc) is 2.16. The molecule has 94 valence electrons. The predicted molar refractivity (Wildman–Crippen MR) is 62.2 cm³/mol. The van der Waals surface area contributed by atoms with E-state index >= 15 is 0 Å². The number of carbonyl (C=O) groups excluding carboxylic acids is 3. The summed E-state index contributed by atoms with van der Waals surface area (Å²) in [6, 6.07) is 0. The van der Waals surface area contributed by atoms with E-state index in [2.05, 4.69) is 0 Å². The summed E-state index contributed by atoms with van der Waals surface area (Å²) < 4.78 is 0. The van der Waals surface area contributed by atoms with Crippen LogP contribution in [-0.4, -0.2) is 28.6 Å². The maximum absolute atomic E-state index is 10.4. The summed E-state index contributed by atoms with van der Waals surface area (Å²) in [5.41, 5.74) is 0. The zero-order valence-corrected chi connectivity index (χ0v) is 10.6. The van der Waals surface area contributed by atoms with E-state index in [-0.39, 0.29) is 23.8 Å². The van der Waals surface area contributed by atoms with Crippen molar-refractivity contribution < 1.29 is 19.5 Å². The van der Waals surface area contributed by atoms with Crippen LogP contribution in [0.3, 0.4) is 0 Å². The number of carbonyl (C=O) groups is 3. The summed E-state index contributed by atoms with van der Waals surface area (Å²) in [6.07, 6.45) is 1.12. The fourth-order valence-electron chi connectivity index (χ4n) is 0.879. The summed E-state index contributed by atoms with van der Waals surface area (Å²) in [6.45, 7) is 6.52. The van der Waals surface area contributed by atoms with Crippen molar-refractivity contribution in [1.29, 1.82) is 0 Å². The molecule has 1 atom stereocenters. The summed E-state index contributed by atoms with van der Waals surface area (Å²) in [4.78, 5) is 30.8. The minimum Gasteiger partial charge on any atom is -0.393 e. The number of Topliss-reactive ketones (excluding diaryl/α,β-unsaturated/α-hetero) is 3. The first kappa shape index (κ1) is 17.4. The van der Waals surface area contributed by atoms with E-state index in [0.717, 1.165) is 0 Å². The minimum absolute atomic E-state index is 0.0255. The van der Waals surface area contributed by atoms with Crippen molar-refractivity contribution in [3.05, 3.63) is 0 Å². The largest absolute Gasteiger partial charge is 0.393 e. The zero-order chi connectivity index (χ0) is 13.1. The number of hydrogen-bond acceptors (Lipinski definition) is 4. The molecule has 0 spiro atoms. The second kappa shape index (κ2) is 10.5. The molecule has 0 aromatic heterocycles. The molecule has 0 radical (unpaired) electrons. The van der Waals surface area contributed by atoms with E-state index in [9.17, 15) is 14.4 Å². The summed E-state index contributed by atoms with van der Waals surface area (Å²) in [7, 11) is 0. The lowest BCUT2D eigenvalue weighted by molar-refractivity contribution is -0.125. The van der Waals surface area contributed by atoms with Crippen LogP contribution < -0.4 is 0 Å². The Hall–Kier alpha value is -1.03. The maximum atomic E-state index is 10.4. The van der Waals surface area contributed by atoms with Gasteiger partial charge in [-0.05, 0) is 20.3 Å². The molecule has 0 rings (SSSR count). The molecule has 0 saturated carbocycles. The number of ketones is 3. The Labute approximate surface area is 97.0 Å². The SMILES string of the molecule is CCC(=O)CC(C)=O.CCC(O)CC(C)=O. The van der Waals surface area contributed by atoms with Crippen molar-refractivity contribution in [3.8, 4) is 0 Å². The van der Waals surface area contributed by atoms with Gasteiger partial charge in [-0.3, -0.25) is 14.4 Å². The van der Waals surface area contributed by atoms with E-state index < -0.39 is 6.10 Å². The third-order valence-corrected chi connectivity index (χ3v) is 1.83. The van der Waals surface area contributed by atoms with E-state index in [0.29, 0.717) is 19.3 Å². The number of rotatable bonds is 6. The molecule has 16 heavy (non-hydrogen) atoms. The first-order valence-electron chi connectivity index (χ1n) is 5.52. The predicted octanol–water partition coefficient (Wildman–Crippen LogP) is 1.68. The quantitative estimate of drug-likeness (QED) is 0.705. The highest BCUT2D eigenvalue weighted by Crippen LogP contribution is 1.95. The first-order chi connectivity index (χ1) is 7.33. The van der Waals surface area contributed by atoms with Crippen LogP contribution in [0.25, 0.3) is 0 Å². The van der Waals surface area contributed by atoms with Gasteiger partial charge in [-0.25, -0.2) is 0 Å². The molecule has 4 heteroatoms. The van der Waals surface area contributed by atoms with E-state index in [4.69, 9.17) is 5.11 Å². The van der Waals surface area contributed by atoms with Gasteiger partial charge in [0.25, 0.3) is 0 Å². The van der Waals surface area contributed by atoms with Crippen LogP contribution in [0.5, 0.6) is 0 Å². The van der Waals surface area contributed by atoms with Crippen LogP contribution in [0, 0.1) is 0 Å². The first-order valence-corrected chi connectivity index (χ1v) is 5.52. The molecule has 0 aromatic carbocycles. The summed E-state index contributed by atoms with van der Waals surface area (Å²) in [5.74, 6) is 0.0358. The van der Waals surface area contributed by atoms with Gasteiger partial charge in [0.2, 0.25) is 0 Å². The van der Waals surface area contributed by atoms with Gasteiger partial charge >= 0.3 is 0 Å². The van der Waals surface area contributed by atoms with Crippen LogP contribution in [0.15, 0.2) is 0 Å². The second-order valence-electron chi connectivity index (χ2n) is 3.74. The van der Waals surface area contributed by atoms with Crippen molar-refractivity contribution in [2.75, 3.05) is 0 Å². The fraction of sp³-hybridized carbons (Fsp3) is 0.750. The van der Waals surface area contributed by atoms with Crippen molar-refractivity contribution in [2.24, 2.45) is 0 Å². The number of aliphatic hydroxyl groups is 1. The van der Waals surface area contributed by atoms with Gasteiger partial charge in [0.1, 0.15) is 17.3 Å². The molecule has 0 aliphatic heterocycles. The molecule has 0 aliphatic rings. The fourth-order valence-corrected chi connectivity index (χ4v) is 0.879. The van der Waals surface area contributed by atoms with Crippen molar-refractivity contribution in [2.45, 2.75) is 59.5 Å². The Morgan fingerprint density at radius 3 is 1.69 bits per heavy atom. The third-order valence-electron chi connectivity index (χ3n) is 1.83. The molecule has 0 fully saturated rings. The number of aliphatic hydroxyl groups excluding tert-OH is 1. The molecular formula is C12H22O4. The van der Waals surface area contributed by atoms with E-state index in [1.54, 1.807) is 6.92 Å². The monoisotopic (exact) mass is 230 g/mol. The second-order valence-corrected chi connectivity index (χ2v) is 3.74. The molecular weight excluding hydrogens is 208 g/mol. The van der Waals surface area contributed by atoms with Crippen LogP contribution in [0.4, 0.5) is 0 Å². The Kier molecular flexibility index (Phi) is 11.4. The van der Waals surface area contributed by atoms with E-state index in [1.807, 2.05) is 6.92 Å². The summed E-state index contributed by atoms with van der Waals surface area (Å²) >= 11 is 0. The highest BCUT2D eigenvalue weighted by Gasteiger charge is 2.02. The van der Waals surface area contributed by atoms with Crippen LogP contribution in [0.2, 0.25) is 0 Å². The van der Waals surface area contributed by atoms with Crippen molar-refractivity contribution in [3.63, 3.8) is 0 Å². The number of hydrogen-bond donors (Lipinski definition) is 1. The average molecular weight is 230 g/mol. The lowest BCUT2D eigenvalue weighted by atomic mass is 10.1.